The summed E-state index contributed by atoms with van der Waals surface area (Å²) < 4.78 is 37.9. The van der Waals surface area contributed by atoms with Gasteiger partial charge in [-0.05, 0) is 24.5 Å². The van der Waals surface area contributed by atoms with Crippen molar-refractivity contribution in [2.75, 3.05) is 0 Å². The second-order valence-corrected chi connectivity index (χ2v) is 5.62. The first-order valence-electron chi connectivity index (χ1n) is 7.45. The van der Waals surface area contributed by atoms with Crippen LogP contribution in [0.25, 0.3) is 0 Å². The highest BCUT2D eigenvalue weighted by Crippen LogP contribution is 2.29. The molecule has 1 aliphatic rings. The third-order valence-electron chi connectivity index (χ3n) is 3.95. The number of alkyl halides is 3. The van der Waals surface area contributed by atoms with Gasteiger partial charge in [-0.2, -0.15) is 13.2 Å². The van der Waals surface area contributed by atoms with Gasteiger partial charge in [0.25, 0.3) is 0 Å². The molecule has 0 amide bonds. The molecule has 0 aromatic heterocycles. The molecule has 0 aliphatic heterocycles. The molecule has 0 bridgehead atoms. The van der Waals surface area contributed by atoms with E-state index < -0.39 is 11.7 Å². The van der Waals surface area contributed by atoms with Crippen molar-refractivity contribution in [1.29, 1.82) is 0 Å². The summed E-state index contributed by atoms with van der Waals surface area (Å²) in [6.07, 6.45) is 4.35. The van der Waals surface area contributed by atoms with E-state index >= 15 is 0 Å². The van der Waals surface area contributed by atoms with Crippen LogP contribution in [-0.4, -0.2) is 6.04 Å². The van der Waals surface area contributed by atoms with Crippen molar-refractivity contribution in [3.05, 3.63) is 35.4 Å². The Kier molecular flexibility index (Phi) is 5.46. The first-order chi connectivity index (χ1) is 9.55. The molecule has 4 heteroatoms. The molecule has 1 aliphatic carbocycles. The van der Waals surface area contributed by atoms with Gasteiger partial charge in [-0.3, -0.25) is 0 Å². The summed E-state index contributed by atoms with van der Waals surface area (Å²) in [5.41, 5.74) is 0.149. The maximum atomic E-state index is 12.6. The SMILES string of the molecule is FC(F)(F)c1cccc(CNC2CCCCCCC2)c1. The number of benzene rings is 1. The van der Waals surface area contributed by atoms with Crippen molar-refractivity contribution in [2.45, 2.75) is 63.7 Å². The number of rotatable bonds is 3. The minimum atomic E-state index is -4.25. The van der Waals surface area contributed by atoms with Gasteiger partial charge in [0.15, 0.2) is 0 Å². The van der Waals surface area contributed by atoms with Crippen molar-refractivity contribution >= 4 is 0 Å². The van der Waals surface area contributed by atoms with Gasteiger partial charge in [0.05, 0.1) is 5.56 Å². The van der Waals surface area contributed by atoms with Crippen LogP contribution in [-0.2, 0) is 12.7 Å². The van der Waals surface area contributed by atoms with Crippen LogP contribution in [0.5, 0.6) is 0 Å². The summed E-state index contributed by atoms with van der Waals surface area (Å²) in [7, 11) is 0. The lowest BCUT2D eigenvalue weighted by molar-refractivity contribution is -0.137. The molecule has 20 heavy (non-hydrogen) atoms. The van der Waals surface area contributed by atoms with E-state index in [1.54, 1.807) is 6.07 Å². The van der Waals surface area contributed by atoms with Gasteiger partial charge >= 0.3 is 6.18 Å². The quantitative estimate of drug-likeness (QED) is 0.832. The predicted octanol–water partition coefficient (Wildman–Crippen LogP) is 4.91. The number of halogens is 3. The molecule has 0 atom stereocenters. The largest absolute Gasteiger partial charge is 0.416 e. The normalized spacial score (nSPS) is 18.6. The Morgan fingerprint density at radius 3 is 2.30 bits per heavy atom. The standard InChI is InChI=1S/C16H22F3N/c17-16(18,19)14-8-6-7-13(11-14)12-20-15-9-4-2-1-3-5-10-15/h6-8,11,15,20H,1-5,9-10,12H2. The van der Waals surface area contributed by atoms with Crippen LogP contribution in [0.2, 0.25) is 0 Å². The predicted molar refractivity (Wildman–Crippen MR) is 74.4 cm³/mol. The molecular formula is C16H22F3N. The fourth-order valence-corrected chi connectivity index (χ4v) is 2.78. The number of hydrogen-bond donors (Lipinski definition) is 1. The smallest absolute Gasteiger partial charge is 0.310 e. The lowest BCUT2D eigenvalue weighted by atomic mass is 9.96. The van der Waals surface area contributed by atoms with E-state index in [0.29, 0.717) is 18.2 Å². The Hall–Kier alpha value is -1.03. The molecule has 1 aromatic rings. The van der Waals surface area contributed by atoms with E-state index in [2.05, 4.69) is 5.32 Å². The van der Waals surface area contributed by atoms with Crippen LogP contribution in [0.4, 0.5) is 13.2 Å². The first-order valence-corrected chi connectivity index (χ1v) is 7.45. The minimum Gasteiger partial charge on any atom is -0.310 e. The summed E-state index contributed by atoms with van der Waals surface area (Å²) in [6.45, 7) is 0.522. The summed E-state index contributed by atoms with van der Waals surface area (Å²) in [5.74, 6) is 0. The van der Waals surface area contributed by atoms with Crippen LogP contribution >= 0.6 is 0 Å². The van der Waals surface area contributed by atoms with Crippen LogP contribution in [0.1, 0.15) is 56.1 Å². The highest BCUT2D eigenvalue weighted by atomic mass is 19.4. The zero-order chi connectivity index (χ0) is 14.4. The second-order valence-electron chi connectivity index (χ2n) is 5.62. The van der Waals surface area contributed by atoms with Crippen LogP contribution in [0.15, 0.2) is 24.3 Å². The van der Waals surface area contributed by atoms with Crippen LogP contribution in [0.3, 0.4) is 0 Å². The van der Waals surface area contributed by atoms with Gasteiger partial charge in [-0.1, -0.05) is 50.3 Å². The fraction of sp³-hybridized carbons (Fsp3) is 0.625. The molecular weight excluding hydrogens is 263 g/mol. The minimum absolute atomic E-state index is 0.449. The zero-order valence-corrected chi connectivity index (χ0v) is 11.7. The van der Waals surface area contributed by atoms with Crippen molar-refractivity contribution in [2.24, 2.45) is 0 Å². The molecule has 0 heterocycles. The zero-order valence-electron chi connectivity index (χ0n) is 11.7. The Balaban J connectivity index is 1.89. The molecule has 0 radical (unpaired) electrons. The molecule has 1 fully saturated rings. The second kappa shape index (κ2) is 7.11. The third kappa shape index (κ3) is 4.82. The van der Waals surface area contributed by atoms with Gasteiger partial charge in [-0.25, -0.2) is 0 Å². The van der Waals surface area contributed by atoms with Crippen LogP contribution in [0, 0.1) is 0 Å². The average molecular weight is 285 g/mol. The molecule has 112 valence electrons. The summed E-state index contributed by atoms with van der Waals surface area (Å²) in [4.78, 5) is 0. The Bertz CT molecular complexity index is 406. The highest BCUT2D eigenvalue weighted by molar-refractivity contribution is 5.25. The van der Waals surface area contributed by atoms with E-state index in [1.807, 2.05) is 0 Å². The van der Waals surface area contributed by atoms with E-state index in [1.165, 1.54) is 44.2 Å². The lowest BCUT2D eigenvalue weighted by Crippen LogP contribution is -2.29. The van der Waals surface area contributed by atoms with E-state index in [-0.39, 0.29) is 0 Å². The molecule has 1 N–H and O–H groups in total. The number of nitrogens with one attached hydrogen (secondary N) is 1. The Morgan fingerprint density at radius 1 is 1.00 bits per heavy atom. The van der Waals surface area contributed by atoms with Crippen molar-refractivity contribution in [1.82, 2.24) is 5.32 Å². The fourth-order valence-electron chi connectivity index (χ4n) is 2.78. The summed E-state index contributed by atoms with van der Waals surface area (Å²) in [5, 5.41) is 3.42. The van der Waals surface area contributed by atoms with Gasteiger partial charge < -0.3 is 5.32 Å². The molecule has 0 spiro atoms. The Labute approximate surface area is 118 Å². The van der Waals surface area contributed by atoms with Gasteiger partial charge in [0, 0.05) is 12.6 Å². The van der Waals surface area contributed by atoms with Gasteiger partial charge in [0.2, 0.25) is 0 Å². The van der Waals surface area contributed by atoms with Gasteiger partial charge in [-0.15, -0.1) is 0 Å². The van der Waals surface area contributed by atoms with Crippen molar-refractivity contribution in [3.63, 3.8) is 0 Å². The molecule has 1 saturated carbocycles. The number of hydrogen-bond acceptors (Lipinski definition) is 1. The lowest BCUT2D eigenvalue weighted by Gasteiger charge is -2.21. The van der Waals surface area contributed by atoms with Crippen molar-refractivity contribution < 1.29 is 13.2 Å². The summed E-state index contributed by atoms with van der Waals surface area (Å²) >= 11 is 0. The molecule has 2 rings (SSSR count). The first kappa shape index (κ1) is 15.4. The van der Waals surface area contributed by atoms with E-state index in [0.717, 1.165) is 18.9 Å². The van der Waals surface area contributed by atoms with Gasteiger partial charge in [0.1, 0.15) is 0 Å². The molecule has 1 nitrogen and oxygen atoms in total. The monoisotopic (exact) mass is 285 g/mol. The summed E-state index contributed by atoms with van der Waals surface area (Å²) in [6, 6.07) is 6.06. The maximum Gasteiger partial charge on any atom is 0.416 e. The topological polar surface area (TPSA) is 12.0 Å². The van der Waals surface area contributed by atoms with Crippen LogP contribution < -0.4 is 5.32 Å². The average Bonchev–Trinajstić information content (AvgIpc) is 2.37. The van der Waals surface area contributed by atoms with E-state index in [4.69, 9.17) is 0 Å². The van der Waals surface area contributed by atoms with Crippen molar-refractivity contribution in [3.8, 4) is 0 Å². The third-order valence-corrected chi connectivity index (χ3v) is 3.95. The molecule has 1 aromatic carbocycles. The maximum absolute atomic E-state index is 12.6. The highest BCUT2D eigenvalue weighted by Gasteiger charge is 2.30. The van der Waals surface area contributed by atoms with E-state index in [9.17, 15) is 13.2 Å². The Morgan fingerprint density at radius 2 is 1.65 bits per heavy atom. The molecule has 0 saturated heterocycles. The molecule has 0 unspecified atom stereocenters.